The largest absolute Gasteiger partial charge is 0.378 e. The number of ketones is 1. The third-order valence-electron chi connectivity index (χ3n) is 4.48. The molecular formula is C16H20O2. The summed E-state index contributed by atoms with van der Waals surface area (Å²) in [6.45, 7) is 2.72. The average molecular weight is 244 g/mol. The van der Waals surface area contributed by atoms with E-state index in [1.807, 2.05) is 19.1 Å². The Morgan fingerprint density at radius 3 is 2.39 bits per heavy atom. The van der Waals surface area contributed by atoms with Crippen molar-refractivity contribution in [3.05, 3.63) is 35.4 Å². The third-order valence-corrected chi connectivity index (χ3v) is 4.48. The van der Waals surface area contributed by atoms with Crippen molar-refractivity contribution in [3.63, 3.8) is 0 Å². The summed E-state index contributed by atoms with van der Waals surface area (Å²) in [5.74, 6) is 1.04. The number of rotatable bonds is 3. The molecule has 1 aromatic carbocycles. The molecule has 3 rings (SSSR count). The van der Waals surface area contributed by atoms with E-state index in [1.165, 1.54) is 24.8 Å². The zero-order valence-corrected chi connectivity index (χ0v) is 10.9. The number of carbonyl (C=O) groups excluding carboxylic acids is 1. The number of benzene rings is 1. The normalized spacial score (nSPS) is 28.1. The Balaban J connectivity index is 1.73. The van der Waals surface area contributed by atoms with Crippen molar-refractivity contribution in [2.75, 3.05) is 6.61 Å². The fourth-order valence-electron chi connectivity index (χ4n) is 2.95. The van der Waals surface area contributed by atoms with E-state index in [-0.39, 0.29) is 17.8 Å². The first-order chi connectivity index (χ1) is 8.75. The molecule has 1 aromatic rings. The maximum Gasteiger partial charge on any atom is 0.168 e. The van der Waals surface area contributed by atoms with Crippen LogP contribution in [0.15, 0.2) is 24.3 Å². The SMILES string of the molecule is CC1OCCC1C(=O)c1ccc(C2CCC2)cc1. The molecule has 1 saturated heterocycles. The first-order valence-corrected chi connectivity index (χ1v) is 7.01. The highest BCUT2D eigenvalue weighted by Gasteiger charge is 2.31. The number of carbonyl (C=O) groups is 1. The van der Waals surface area contributed by atoms with Crippen molar-refractivity contribution in [1.82, 2.24) is 0 Å². The summed E-state index contributed by atoms with van der Waals surface area (Å²) >= 11 is 0. The van der Waals surface area contributed by atoms with Crippen LogP contribution < -0.4 is 0 Å². The molecule has 1 aliphatic heterocycles. The van der Waals surface area contributed by atoms with E-state index in [9.17, 15) is 4.79 Å². The highest BCUT2D eigenvalue weighted by atomic mass is 16.5. The topological polar surface area (TPSA) is 26.3 Å². The van der Waals surface area contributed by atoms with Gasteiger partial charge in [-0.05, 0) is 37.7 Å². The number of Topliss-reactive ketones (excluding diaryl/α,β-unsaturated/α-hetero) is 1. The molecule has 2 atom stereocenters. The molecule has 0 bridgehead atoms. The second-order valence-electron chi connectivity index (χ2n) is 5.59. The molecule has 0 aromatic heterocycles. The Kier molecular flexibility index (Phi) is 3.21. The summed E-state index contributed by atoms with van der Waals surface area (Å²) in [7, 11) is 0. The molecule has 0 N–H and O–H groups in total. The monoisotopic (exact) mass is 244 g/mol. The standard InChI is InChI=1S/C16H20O2/c1-11-15(9-10-18-11)16(17)14-7-5-13(6-8-14)12-3-2-4-12/h5-8,11-12,15H,2-4,9-10H2,1H3. The van der Waals surface area contributed by atoms with Gasteiger partial charge >= 0.3 is 0 Å². The smallest absolute Gasteiger partial charge is 0.168 e. The Labute approximate surface area is 108 Å². The lowest BCUT2D eigenvalue weighted by atomic mass is 9.79. The quantitative estimate of drug-likeness (QED) is 0.760. The van der Waals surface area contributed by atoms with E-state index in [0.717, 1.165) is 24.5 Å². The van der Waals surface area contributed by atoms with Gasteiger partial charge < -0.3 is 4.74 Å². The minimum Gasteiger partial charge on any atom is -0.378 e. The van der Waals surface area contributed by atoms with Crippen LogP contribution in [0, 0.1) is 5.92 Å². The van der Waals surface area contributed by atoms with E-state index in [1.54, 1.807) is 0 Å². The zero-order chi connectivity index (χ0) is 12.5. The Morgan fingerprint density at radius 2 is 1.89 bits per heavy atom. The van der Waals surface area contributed by atoms with Gasteiger partial charge in [0, 0.05) is 12.2 Å². The highest BCUT2D eigenvalue weighted by Crippen LogP contribution is 2.36. The lowest BCUT2D eigenvalue weighted by Gasteiger charge is -2.25. The molecule has 2 heteroatoms. The van der Waals surface area contributed by atoms with Crippen LogP contribution in [0.1, 0.15) is 54.4 Å². The number of hydrogen-bond acceptors (Lipinski definition) is 2. The van der Waals surface area contributed by atoms with Crippen LogP contribution in [0.5, 0.6) is 0 Å². The molecule has 2 aliphatic rings. The fourth-order valence-corrected chi connectivity index (χ4v) is 2.95. The predicted molar refractivity (Wildman–Crippen MR) is 70.9 cm³/mol. The van der Waals surface area contributed by atoms with Crippen LogP contribution in [-0.4, -0.2) is 18.5 Å². The summed E-state index contributed by atoms with van der Waals surface area (Å²) in [5.41, 5.74) is 2.24. The van der Waals surface area contributed by atoms with Crippen LogP contribution in [0.3, 0.4) is 0 Å². The average Bonchev–Trinajstić information content (AvgIpc) is 2.73. The summed E-state index contributed by atoms with van der Waals surface area (Å²) in [6, 6.07) is 8.27. The summed E-state index contributed by atoms with van der Waals surface area (Å²) in [5, 5.41) is 0. The van der Waals surface area contributed by atoms with Crippen LogP contribution in [0.4, 0.5) is 0 Å². The Morgan fingerprint density at radius 1 is 1.17 bits per heavy atom. The maximum absolute atomic E-state index is 12.3. The molecule has 0 radical (unpaired) electrons. The highest BCUT2D eigenvalue weighted by molar-refractivity contribution is 5.98. The zero-order valence-electron chi connectivity index (χ0n) is 10.9. The number of hydrogen-bond donors (Lipinski definition) is 0. The van der Waals surface area contributed by atoms with Crippen LogP contribution in [0.25, 0.3) is 0 Å². The molecule has 2 unspecified atom stereocenters. The number of ether oxygens (including phenoxy) is 1. The van der Waals surface area contributed by atoms with E-state index in [2.05, 4.69) is 12.1 Å². The van der Waals surface area contributed by atoms with Gasteiger partial charge in [0.25, 0.3) is 0 Å². The Hall–Kier alpha value is -1.15. The van der Waals surface area contributed by atoms with Crippen molar-refractivity contribution in [2.24, 2.45) is 5.92 Å². The third kappa shape index (κ3) is 2.10. The van der Waals surface area contributed by atoms with E-state index < -0.39 is 0 Å². The Bertz CT molecular complexity index is 431. The van der Waals surface area contributed by atoms with Crippen molar-refractivity contribution >= 4 is 5.78 Å². The van der Waals surface area contributed by atoms with Gasteiger partial charge in [0.15, 0.2) is 5.78 Å². The van der Waals surface area contributed by atoms with Gasteiger partial charge in [0.05, 0.1) is 12.0 Å². The predicted octanol–water partition coefficient (Wildman–Crippen LogP) is 3.56. The van der Waals surface area contributed by atoms with Gasteiger partial charge in [-0.25, -0.2) is 0 Å². The van der Waals surface area contributed by atoms with Gasteiger partial charge in [-0.3, -0.25) is 4.79 Å². The summed E-state index contributed by atoms with van der Waals surface area (Å²) in [4.78, 5) is 12.3. The first kappa shape index (κ1) is 11.9. The molecule has 2 fully saturated rings. The van der Waals surface area contributed by atoms with E-state index in [0.29, 0.717) is 0 Å². The molecular weight excluding hydrogens is 224 g/mol. The van der Waals surface area contributed by atoms with E-state index in [4.69, 9.17) is 4.74 Å². The summed E-state index contributed by atoms with van der Waals surface area (Å²) < 4.78 is 5.48. The van der Waals surface area contributed by atoms with Gasteiger partial charge in [-0.15, -0.1) is 0 Å². The minimum absolute atomic E-state index is 0.0551. The molecule has 2 nitrogen and oxygen atoms in total. The molecule has 1 saturated carbocycles. The van der Waals surface area contributed by atoms with Crippen molar-refractivity contribution < 1.29 is 9.53 Å². The lowest BCUT2D eigenvalue weighted by Crippen LogP contribution is -2.21. The molecule has 0 amide bonds. The van der Waals surface area contributed by atoms with E-state index >= 15 is 0 Å². The molecule has 1 heterocycles. The maximum atomic E-state index is 12.3. The van der Waals surface area contributed by atoms with Gasteiger partial charge in [-0.2, -0.15) is 0 Å². The first-order valence-electron chi connectivity index (χ1n) is 7.01. The minimum atomic E-state index is 0.0551. The van der Waals surface area contributed by atoms with Gasteiger partial charge in [0.1, 0.15) is 0 Å². The van der Waals surface area contributed by atoms with Crippen LogP contribution >= 0.6 is 0 Å². The second kappa shape index (κ2) is 4.85. The lowest BCUT2D eigenvalue weighted by molar-refractivity contribution is 0.0764. The molecule has 18 heavy (non-hydrogen) atoms. The molecule has 1 aliphatic carbocycles. The van der Waals surface area contributed by atoms with Crippen molar-refractivity contribution in [3.8, 4) is 0 Å². The van der Waals surface area contributed by atoms with Crippen molar-refractivity contribution in [2.45, 2.75) is 44.6 Å². The van der Waals surface area contributed by atoms with Crippen LogP contribution in [-0.2, 0) is 4.74 Å². The molecule has 96 valence electrons. The van der Waals surface area contributed by atoms with Gasteiger partial charge in [-0.1, -0.05) is 30.7 Å². The fraction of sp³-hybridized carbons (Fsp3) is 0.562. The van der Waals surface area contributed by atoms with Crippen LogP contribution in [0.2, 0.25) is 0 Å². The second-order valence-corrected chi connectivity index (χ2v) is 5.59. The summed E-state index contributed by atoms with van der Waals surface area (Å²) in [6.07, 6.45) is 4.90. The van der Waals surface area contributed by atoms with Crippen molar-refractivity contribution in [1.29, 1.82) is 0 Å². The van der Waals surface area contributed by atoms with Gasteiger partial charge in [0.2, 0.25) is 0 Å². The molecule has 0 spiro atoms.